The minimum Gasteiger partial charge on any atom is -0.273 e. The predicted molar refractivity (Wildman–Crippen MR) is 78.6 cm³/mol. The predicted octanol–water partition coefficient (Wildman–Crippen LogP) is 4.65. The van der Waals surface area contributed by atoms with E-state index in [0.717, 1.165) is 15.9 Å². The number of rotatable bonds is 0. The Morgan fingerprint density at radius 3 is 2.39 bits per heavy atom. The molecule has 0 saturated heterocycles. The topological polar surface area (TPSA) is 0 Å². The summed E-state index contributed by atoms with van der Waals surface area (Å²) in [5, 5.41) is 2.66. The van der Waals surface area contributed by atoms with Crippen LogP contribution in [0, 0.1) is 6.08 Å². The van der Waals surface area contributed by atoms with Gasteiger partial charge in [0.25, 0.3) is 0 Å². The molecule has 0 heterocycles. The van der Waals surface area contributed by atoms with Crippen molar-refractivity contribution in [2.45, 2.75) is 19.5 Å². The van der Waals surface area contributed by atoms with Gasteiger partial charge in [-0.15, -0.1) is 36.1 Å². The summed E-state index contributed by atoms with van der Waals surface area (Å²) in [6.45, 7) is 4.31. The van der Waals surface area contributed by atoms with Crippen molar-refractivity contribution >= 4 is 20.3 Å². The van der Waals surface area contributed by atoms with E-state index in [9.17, 15) is 0 Å². The summed E-state index contributed by atoms with van der Waals surface area (Å²) in [4.78, 5) is 0. The minimum absolute atomic E-state index is 0. The molecule has 2 heteroatoms. The van der Waals surface area contributed by atoms with Crippen LogP contribution in [-0.4, -0.2) is 9.52 Å². The Balaban J connectivity index is 0.000000277. The van der Waals surface area contributed by atoms with Crippen molar-refractivity contribution in [3.05, 3.63) is 66.8 Å². The van der Waals surface area contributed by atoms with Gasteiger partial charge in [0, 0.05) is 35.4 Å². The average Bonchev–Trinajstić information content (AvgIpc) is 3.05. The Hall–Kier alpha value is -0.603. The van der Waals surface area contributed by atoms with Gasteiger partial charge < -0.3 is 0 Å². The molecule has 3 rings (SSSR count). The number of allylic oxidation sites excluding steroid dienone is 4. The monoisotopic (exact) mass is 418 g/mol. The molecule has 0 N–H and O–H groups in total. The van der Waals surface area contributed by atoms with Crippen LogP contribution in [0.5, 0.6) is 0 Å². The average molecular weight is 417 g/mol. The van der Waals surface area contributed by atoms with Crippen LogP contribution in [0.2, 0.25) is 13.1 Å². The van der Waals surface area contributed by atoms with Gasteiger partial charge in [-0.25, -0.2) is 12.2 Å². The van der Waals surface area contributed by atoms with Gasteiger partial charge in [0.15, 0.2) is 0 Å². The van der Waals surface area contributed by atoms with Crippen LogP contribution in [0.1, 0.15) is 6.42 Å². The van der Waals surface area contributed by atoms with Crippen LogP contribution in [0.25, 0.3) is 10.8 Å². The second kappa shape index (κ2) is 11.5. The van der Waals surface area contributed by atoms with Crippen molar-refractivity contribution in [3.63, 3.8) is 0 Å². The van der Waals surface area contributed by atoms with E-state index in [1.165, 1.54) is 10.8 Å². The summed E-state index contributed by atoms with van der Waals surface area (Å²) in [5.41, 5.74) is 0. The summed E-state index contributed by atoms with van der Waals surface area (Å²) in [7, 11) is 1.08. The largest absolute Gasteiger partial charge is 0.273 e. The Kier molecular flexibility index (Phi) is 11.1. The minimum atomic E-state index is 0. The van der Waals surface area contributed by atoms with Crippen molar-refractivity contribution in [3.8, 4) is 0 Å². The van der Waals surface area contributed by atoms with Crippen LogP contribution in [0.4, 0.5) is 0 Å². The number of benzene rings is 1. The zero-order valence-corrected chi connectivity index (χ0v) is 15.6. The Morgan fingerprint density at radius 2 is 1.89 bits per heavy atom. The standard InChI is InChI=1S/C9H7.C5H5.C2H6Si.Hf/c1-2-5-9-7-3-6-8(9)4-1;1-2-4-5-3-1;1-3-2;/h1-7H;1-3H,4H2;1-2H3;/q2*-1;;. The Labute approximate surface area is 132 Å². The molecule has 0 atom stereocenters. The SMILES string of the molecule is C[Si]C.[C-]1=CC=CC1.[Hf].c1ccc2[cH-]ccc2c1. The molecule has 0 unspecified atom stereocenters. The number of hydrogen-bond acceptors (Lipinski definition) is 0. The maximum atomic E-state index is 2.99. The van der Waals surface area contributed by atoms with Gasteiger partial charge in [0.05, 0.1) is 0 Å². The van der Waals surface area contributed by atoms with E-state index < -0.39 is 0 Å². The molecule has 2 aromatic rings. The summed E-state index contributed by atoms with van der Waals surface area (Å²) in [6, 6.07) is 14.7. The second-order valence-corrected chi connectivity index (χ2v) is 4.66. The summed E-state index contributed by atoms with van der Waals surface area (Å²) < 4.78 is 0. The van der Waals surface area contributed by atoms with Crippen molar-refractivity contribution in [1.29, 1.82) is 0 Å². The number of hydrogen-bond donors (Lipinski definition) is 0. The van der Waals surface area contributed by atoms with Crippen LogP contribution in [0.15, 0.2) is 60.7 Å². The molecule has 0 amide bonds. The van der Waals surface area contributed by atoms with Crippen LogP contribution in [0.3, 0.4) is 0 Å². The quantitative estimate of drug-likeness (QED) is 0.433. The van der Waals surface area contributed by atoms with Gasteiger partial charge in [-0.05, 0) is 0 Å². The summed E-state index contributed by atoms with van der Waals surface area (Å²) >= 11 is 0. The van der Waals surface area contributed by atoms with Crippen LogP contribution in [-0.2, 0) is 25.8 Å². The molecule has 0 saturated carbocycles. The maximum Gasteiger partial charge on any atom is 0.0307 e. The molecule has 0 aromatic heterocycles. The van der Waals surface area contributed by atoms with Gasteiger partial charge in [0.1, 0.15) is 0 Å². The van der Waals surface area contributed by atoms with Gasteiger partial charge in [-0.1, -0.05) is 19.2 Å². The molecular weight excluding hydrogens is 399 g/mol. The first-order valence-corrected chi connectivity index (χ1v) is 7.79. The third kappa shape index (κ3) is 6.97. The van der Waals surface area contributed by atoms with E-state index in [1.807, 2.05) is 12.2 Å². The summed E-state index contributed by atoms with van der Waals surface area (Å²) in [6.07, 6.45) is 10.0. The molecular formula is C16H18HfSi-2. The van der Waals surface area contributed by atoms with Crippen LogP contribution < -0.4 is 0 Å². The molecule has 1 aliphatic rings. The van der Waals surface area contributed by atoms with E-state index in [4.69, 9.17) is 0 Å². The molecule has 18 heavy (non-hydrogen) atoms. The normalized spacial score (nSPS) is 11.0. The van der Waals surface area contributed by atoms with Crippen LogP contribution >= 0.6 is 0 Å². The van der Waals surface area contributed by atoms with Gasteiger partial charge in [-0.3, -0.25) is 6.08 Å². The first-order valence-electron chi connectivity index (χ1n) is 5.79. The molecule has 1 aliphatic carbocycles. The third-order valence-electron chi connectivity index (χ3n) is 2.13. The summed E-state index contributed by atoms with van der Waals surface area (Å²) in [5.74, 6) is 0. The molecule has 0 aliphatic heterocycles. The van der Waals surface area contributed by atoms with Crippen molar-refractivity contribution in [1.82, 2.24) is 0 Å². The smallest absolute Gasteiger partial charge is 0.0307 e. The molecule has 0 spiro atoms. The fourth-order valence-electron chi connectivity index (χ4n) is 1.41. The zero-order valence-electron chi connectivity index (χ0n) is 11.0. The zero-order chi connectivity index (χ0) is 12.3. The molecule has 0 fully saturated rings. The first kappa shape index (κ1) is 17.4. The van der Waals surface area contributed by atoms with Crippen molar-refractivity contribution in [2.75, 3.05) is 0 Å². The fourth-order valence-corrected chi connectivity index (χ4v) is 1.41. The fraction of sp³-hybridized carbons (Fsp3) is 0.188. The van der Waals surface area contributed by atoms with Gasteiger partial charge >= 0.3 is 0 Å². The first-order chi connectivity index (χ1) is 8.38. The Bertz CT molecular complexity index is 428. The van der Waals surface area contributed by atoms with Crippen molar-refractivity contribution < 1.29 is 25.8 Å². The van der Waals surface area contributed by atoms with E-state index in [0.29, 0.717) is 0 Å². The van der Waals surface area contributed by atoms with E-state index in [1.54, 1.807) is 0 Å². The van der Waals surface area contributed by atoms with E-state index in [-0.39, 0.29) is 25.8 Å². The third-order valence-corrected chi connectivity index (χ3v) is 2.13. The molecule has 0 bridgehead atoms. The Morgan fingerprint density at radius 1 is 1.17 bits per heavy atom. The molecule has 2 aromatic carbocycles. The molecule has 0 nitrogen and oxygen atoms in total. The molecule has 92 valence electrons. The number of fused-ring (bicyclic) bond motifs is 1. The van der Waals surface area contributed by atoms with Gasteiger partial charge in [-0.2, -0.15) is 23.6 Å². The molecule has 2 radical (unpaired) electrons. The van der Waals surface area contributed by atoms with E-state index in [2.05, 4.69) is 67.7 Å². The van der Waals surface area contributed by atoms with Crippen molar-refractivity contribution in [2.24, 2.45) is 0 Å². The maximum absolute atomic E-state index is 2.99. The second-order valence-electron chi connectivity index (χ2n) is 3.66. The van der Waals surface area contributed by atoms with Gasteiger partial charge in [0.2, 0.25) is 0 Å². The van der Waals surface area contributed by atoms with E-state index >= 15 is 0 Å².